The van der Waals surface area contributed by atoms with Gasteiger partial charge in [0.25, 0.3) is 0 Å². The number of allylic oxidation sites excluding steroid dienone is 1. The number of halogens is 1. The number of benzene rings is 3. The van der Waals surface area contributed by atoms with Crippen LogP contribution in [0.5, 0.6) is 0 Å². The second-order valence-corrected chi connectivity index (χ2v) is 14.5. The van der Waals surface area contributed by atoms with Crippen molar-refractivity contribution in [2.75, 3.05) is 4.90 Å². The maximum Gasteiger partial charge on any atom is 0.197 e. The van der Waals surface area contributed by atoms with Gasteiger partial charge in [-0.05, 0) is 46.8 Å². The molecule has 0 fully saturated rings. The highest BCUT2D eigenvalue weighted by Crippen LogP contribution is 2.42. The van der Waals surface area contributed by atoms with Gasteiger partial charge in [-0.15, -0.1) is 11.3 Å². The third kappa shape index (κ3) is 2.99. The van der Waals surface area contributed by atoms with E-state index in [1.54, 1.807) is 42.5 Å². The van der Waals surface area contributed by atoms with Crippen molar-refractivity contribution in [1.29, 1.82) is 0 Å². The quantitative estimate of drug-likeness (QED) is 0.202. The summed E-state index contributed by atoms with van der Waals surface area (Å²) >= 11 is 1.48. The van der Waals surface area contributed by atoms with Crippen LogP contribution in [-0.2, 0) is 0 Å². The Labute approximate surface area is 201 Å². The number of anilines is 3. The van der Waals surface area contributed by atoms with Gasteiger partial charge < -0.3 is 4.90 Å². The second-order valence-electron chi connectivity index (χ2n) is 9.08. The zero-order chi connectivity index (χ0) is 23.6. The van der Waals surface area contributed by atoms with Crippen LogP contribution in [0.1, 0.15) is 25.6 Å². The minimum atomic E-state index is -2.01. The second kappa shape index (κ2) is 7.45. The first-order valence-corrected chi connectivity index (χ1v) is 14.9. The summed E-state index contributed by atoms with van der Waals surface area (Å²) in [6.45, 7) is 4.58. The number of Topliss-reactive ketones (excluding diaryl/α,β-unsaturated/α-hetero) is 2. The highest BCUT2D eigenvalue weighted by Gasteiger charge is 2.39. The zero-order valence-electron chi connectivity index (χ0n) is 18.6. The average Bonchev–Trinajstić information content (AvgIpc) is 3.38. The van der Waals surface area contributed by atoms with Crippen LogP contribution in [0.3, 0.4) is 0 Å². The van der Waals surface area contributed by atoms with Crippen molar-refractivity contribution in [1.82, 2.24) is 0 Å². The number of hydrogen-bond donors (Lipinski definition) is 0. The van der Waals surface area contributed by atoms with Gasteiger partial charge in [0, 0.05) is 27.4 Å². The van der Waals surface area contributed by atoms with Gasteiger partial charge in [-0.3, -0.25) is 9.59 Å². The molecule has 2 aliphatic rings. The lowest BCUT2D eigenvalue weighted by Gasteiger charge is -2.40. The monoisotopic (exact) mass is 481 g/mol. The summed E-state index contributed by atoms with van der Waals surface area (Å²) in [6.07, 6.45) is 1.68. The Bertz CT molecular complexity index is 1510. The maximum atomic E-state index is 14.4. The van der Waals surface area contributed by atoms with Gasteiger partial charge in [-0.2, -0.15) is 0 Å². The zero-order valence-corrected chi connectivity index (χ0v) is 20.4. The maximum absolute atomic E-state index is 14.4. The fourth-order valence-corrected chi connectivity index (χ4v) is 8.95. The molecule has 166 valence electrons. The standard InChI is InChI=1S/C28H20FNO2SSi/c1-34(2)24-10-6-5-9-22(24)30(23-15-17(29)11-13-25(23)34)26-14-12-18(33-26)16-21-27(31)19-7-3-4-8-20(19)28(21)32/h3-16H,1-2H3. The van der Waals surface area contributed by atoms with Gasteiger partial charge in [0.15, 0.2) is 11.6 Å². The highest BCUT2D eigenvalue weighted by molar-refractivity contribution is 7.17. The summed E-state index contributed by atoms with van der Waals surface area (Å²) in [5.74, 6) is -0.746. The molecule has 2 heterocycles. The van der Waals surface area contributed by atoms with E-state index >= 15 is 0 Å². The number of thiophene rings is 1. The molecule has 3 aromatic carbocycles. The molecule has 0 bridgehead atoms. The highest BCUT2D eigenvalue weighted by atomic mass is 32.1. The summed E-state index contributed by atoms with van der Waals surface area (Å²) in [4.78, 5) is 28.6. The molecular weight excluding hydrogens is 461 g/mol. The first-order chi connectivity index (χ1) is 16.4. The summed E-state index contributed by atoms with van der Waals surface area (Å²) in [6, 6.07) is 24.2. The predicted molar refractivity (Wildman–Crippen MR) is 139 cm³/mol. The lowest BCUT2D eigenvalue weighted by molar-refractivity contribution is 0.0990. The van der Waals surface area contributed by atoms with Gasteiger partial charge in [-0.25, -0.2) is 4.39 Å². The summed E-state index contributed by atoms with van der Waals surface area (Å²) in [5, 5.41) is 3.38. The Balaban J connectivity index is 1.47. The molecule has 0 saturated heterocycles. The lowest BCUT2D eigenvalue weighted by atomic mass is 10.1. The largest absolute Gasteiger partial charge is 0.302 e. The molecule has 0 radical (unpaired) electrons. The van der Waals surface area contributed by atoms with Crippen LogP contribution in [0, 0.1) is 5.82 Å². The molecule has 6 rings (SSSR count). The fraction of sp³-hybridized carbons (Fsp3) is 0.0714. The Morgan fingerprint density at radius 1 is 0.794 bits per heavy atom. The van der Waals surface area contributed by atoms with Crippen LogP contribution < -0.4 is 15.3 Å². The summed E-state index contributed by atoms with van der Waals surface area (Å²) in [7, 11) is -2.01. The smallest absolute Gasteiger partial charge is 0.197 e. The van der Waals surface area contributed by atoms with Gasteiger partial charge >= 0.3 is 0 Å². The molecule has 0 saturated carbocycles. The van der Waals surface area contributed by atoms with Crippen molar-refractivity contribution in [3.05, 3.63) is 106 Å². The van der Waals surface area contributed by atoms with E-state index in [0.29, 0.717) is 11.1 Å². The number of rotatable bonds is 2. The van der Waals surface area contributed by atoms with Crippen LogP contribution in [0.4, 0.5) is 20.8 Å². The van der Waals surface area contributed by atoms with Crippen LogP contribution in [0.15, 0.2) is 84.4 Å². The number of ketones is 2. The molecule has 0 spiro atoms. The number of nitrogens with zero attached hydrogens (tertiary/aromatic N) is 1. The molecule has 34 heavy (non-hydrogen) atoms. The van der Waals surface area contributed by atoms with Gasteiger partial charge in [0.1, 0.15) is 18.9 Å². The molecule has 0 unspecified atom stereocenters. The number of carbonyl (C=O) groups is 2. The van der Waals surface area contributed by atoms with E-state index in [2.05, 4.69) is 36.2 Å². The van der Waals surface area contributed by atoms with Crippen molar-refractivity contribution < 1.29 is 14.0 Å². The third-order valence-electron chi connectivity index (χ3n) is 6.72. The van der Waals surface area contributed by atoms with Crippen LogP contribution in [0.25, 0.3) is 6.08 Å². The number of carbonyl (C=O) groups excluding carboxylic acids is 2. The average molecular weight is 482 g/mol. The SMILES string of the molecule is C[Si]1(C)c2ccccc2N(c2ccc(C=C3C(=O)c4ccccc4C3=O)s2)c2cc(F)ccc21. The molecule has 0 atom stereocenters. The van der Waals surface area contributed by atoms with E-state index < -0.39 is 8.07 Å². The van der Waals surface area contributed by atoms with E-state index in [0.717, 1.165) is 21.3 Å². The van der Waals surface area contributed by atoms with E-state index in [1.165, 1.54) is 21.7 Å². The Kier molecular flexibility index (Phi) is 4.59. The Morgan fingerprint density at radius 2 is 1.44 bits per heavy atom. The minimum Gasteiger partial charge on any atom is -0.302 e. The Hall–Kier alpha value is -3.61. The molecule has 0 amide bonds. The van der Waals surface area contributed by atoms with Crippen LogP contribution in [-0.4, -0.2) is 19.6 Å². The van der Waals surface area contributed by atoms with E-state index in [-0.39, 0.29) is 23.0 Å². The number of para-hydroxylation sites is 1. The van der Waals surface area contributed by atoms with Crippen molar-refractivity contribution in [3.63, 3.8) is 0 Å². The van der Waals surface area contributed by atoms with E-state index in [1.807, 2.05) is 24.3 Å². The number of hydrogen-bond acceptors (Lipinski definition) is 4. The van der Waals surface area contributed by atoms with Crippen molar-refractivity contribution in [2.24, 2.45) is 0 Å². The summed E-state index contributed by atoms with van der Waals surface area (Å²) < 4.78 is 14.4. The van der Waals surface area contributed by atoms with E-state index in [4.69, 9.17) is 0 Å². The molecule has 1 aliphatic carbocycles. The molecule has 6 heteroatoms. The summed E-state index contributed by atoms with van der Waals surface area (Å²) in [5.41, 5.74) is 3.01. The van der Waals surface area contributed by atoms with Gasteiger partial charge in [0.2, 0.25) is 0 Å². The van der Waals surface area contributed by atoms with Crippen molar-refractivity contribution in [2.45, 2.75) is 13.1 Å². The van der Waals surface area contributed by atoms with Crippen molar-refractivity contribution in [3.8, 4) is 0 Å². The molecule has 3 nitrogen and oxygen atoms in total. The first kappa shape index (κ1) is 21.0. The molecule has 4 aromatic rings. The lowest BCUT2D eigenvalue weighted by Crippen LogP contribution is -2.58. The van der Waals surface area contributed by atoms with Gasteiger partial charge in [0.05, 0.1) is 5.57 Å². The normalized spacial score (nSPS) is 15.7. The van der Waals surface area contributed by atoms with E-state index in [9.17, 15) is 14.0 Å². The molecule has 0 N–H and O–H groups in total. The first-order valence-electron chi connectivity index (χ1n) is 11.1. The topological polar surface area (TPSA) is 37.4 Å². The van der Waals surface area contributed by atoms with Crippen LogP contribution >= 0.6 is 11.3 Å². The van der Waals surface area contributed by atoms with Gasteiger partial charge in [-0.1, -0.05) is 61.6 Å². The predicted octanol–water partition coefficient (Wildman–Crippen LogP) is 5.96. The fourth-order valence-electron chi connectivity index (χ4n) is 5.01. The third-order valence-corrected chi connectivity index (χ3v) is 11.3. The molecule has 1 aromatic heterocycles. The minimum absolute atomic E-state index is 0.189. The molecule has 1 aliphatic heterocycles. The van der Waals surface area contributed by atoms with Crippen LogP contribution in [0.2, 0.25) is 13.1 Å². The van der Waals surface area contributed by atoms with Crippen molar-refractivity contribution >= 4 is 63.8 Å². The Morgan fingerprint density at radius 3 is 2.18 bits per heavy atom. The number of fused-ring (bicyclic) bond motifs is 3. The molecular formula is C28H20FNO2SSi.